The van der Waals surface area contributed by atoms with Crippen molar-refractivity contribution < 1.29 is 23.9 Å². The third-order valence-corrected chi connectivity index (χ3v) is 12.7. The molecule has 1 atom stereocenters. The molecule has 0 saturated carbocycles. The molecule has 4 amide bonds. The Morgan fingerprint density at radius 3 is 2.07 bits per heavy atom. The van der Waals surface area contributed by atoms with Crippen molar-refractivity contribution in [3.05, 3.63) is 87.9 Å². The first-order valence-electron chi connectivity index (χ1n) is 19.8. The van der Waals surface area contributed by atoms with Crippen LogP contribution in [0.1, 0.15) is 95.5 Å². The zero-order valence-electron chi connectivity index (χ0n) is 31.1. The topological polar surface area (TPSA) is 126 Å². The fourth-order valence-electron chi connectivity index (χ4n) is 9.02. The molecule has 1 unspecified atom stereocenters. The van der Waals surface area contributed by atoms with E-state index in [1.807, 2.05) is 18.2 Å². The van der Waals surface area contributed by atoms with E-state index in [1.54, 1.807) is 18.2 Å². The van der Waals surface area contributed by atoms with Crippen molar-refractivity contribution in [2.24, 2.45) is 5.92 Å². The fourth-order valence-corrected chi connectivity index (χ4v) is 9.24. The summed E-state index contributed by atoms with van der Waals surface area (Å²) >= 11 is 6.26. The number of piperidine rings is 4. The van der Waals surface area contributed by atoms with Gasteiger partial charge in [-0.25, -0.2) is 0 Å². The number of fused-ring (bicyclic) bond motifs is 1. The molecule has 5 heterocycles. The lowest BCUT2D eigenvalue weighted by Gasteiger charge is -2.36. The lowest BCUT2D eigenvalue weighted by Crippen LogP contribution is -2.54. The molecule has 5 aliphatic rings. The van der Waals surface area contributed by atoms with Crippen LogP contribution in [0.5, 0.6) is 5.75 Å². The van der Waals surface area contributed by atoms with Gasteiger partial charge in [0.05, 0.1) is 21.7 Å². The average molecular weight is 763 g/mol. The van der Waals surface area contributed by atoms with Gasteiger partial charge in [-0.3, -0.25) is 29.4 Å². The van der Waals surface area contributed by atoms with Crippen LogP contribution < -0.4 is 19.9 Å². The number of rotatable bonds is 9. The number of ether oxygens (including phenoxy) is 1. The molecule has 0 spiro atoms. The minimum absolute atomic E-state index is 0.107. The SMILES string of the molecule is N#Cc1ccc(N2CCC(Oc3ccc(C4CCN(CCC5CCN(c6ccc7c(c6)C(=O)N(C6CCC(=O)NC6=O)C7=O)CC5)CC4)cc3)CC2)cc1Cl. The van der Waals surface area contributed by atoms with Gasteiger partial charge >= 0.3 is 0 Å². The number of likely N-dealkylation sites (tertiary alicyclic amines) is 1. The molecule has 12 heteroatoms. The molecular formula is C43H47ClN6O5. The van der Waals surface area contributed by atoms with E-state index >= 15 is 0 Å². The largest absolute Gasteiger partial charge is 0.490 e. The molecule has 4 fully saturated rings. The normalized spacial score (nSPS) is 21.8. The van der Waals surface area contributed by atoms with Gasteiger partial charge in [-0.2, -0.15) is 5.26 Å². The van der Waals surface area contributed by atoms with Crippen LogP contribution in [0.15, 0.2) is 60.7 Å². The Morgan fingerprint density at radius 1 is 0.745 bits per heavy atom. The van der Waals surface area contributed by atoms with Crippen LogP contribution in [-0.4, -0.2) is 91.4 Å². The summed E-state index contributed by atoms with van der Waals surface area (Å²) in [5.41, 5.74) is 4.53. The standard InChI is InChI=1S/C43H47ClN6O5/c44-38-26-33(4-1-31(38)27-45)49-23-16-35(17-24-49)55-34-6-2-29(3-7-34)30-14-19-47(20-15-30)18-11-28-12-21-48(22-13-28)32-5-8-36-37(25-32)43(54)50(42(36)53)39-9-10-40(51)46-41(39)52/h1-8,25-26,28,30,35,39H,9-24H2,(H,46,51,52). The molecule has 5 aliphatic heterocycles. The van der Waals surface area contributed by atoms with E-state index in [0.717, 1.165) is 106 Å². The number of anilines is 2. The average Bonchev–Trinajstić information content (AvgIpc) is 3.46. The number of amides is 4. The number of halogens is 1. The second-order valence-corrected chi connectivity index (χ2v) is 16.1. The third kappa shape index (κ3) is 7.94. The van der Waals surface area contributed by atoms with Crippen molar-refractivity contribution >= 4 is 46.6 Å². The van der Waals surface area contributed by atoms with Crippen LogP contribution >= 0.6 is 11.6 Å². The maximum absolute atomic E-state index is 13.3. The Labute approximate surface area is 327 Å². The summed E-state index contributed by atoms with van der Waals surface area (Å²) in [5, 5.41) is 11.9. The lowest BCUT2D eigenvalue weighted by molar-refractivity contribution is -0.136. The number of hydrogen-bond acceptors (Lipinski definition) is 9. The van der Waals surface area contributed by atoms with E-state index in [-0.39, 0.29) is 24.9 Å². The summed E-state index contributed by atoms with van der Waals surface area (Å²) in [6.07, 6.45) is 8.00. The first kappa shape index (κ1) is 37.0. The van der Waals surface area contributed by atoms with E-state index in [2.05, 4.69) is 50.4 Å². The summed E-state index contributed by atoms with van der Waals surface area (Å²) in [5.74, 6) is 0.262. The van der Waals surface area contributed by atoms with Crippen molar-refractivity contribution in [1.29, 1.82) is 5.26 Å². The molecule has 0 aromatic heterocycles. The molecule has 55 heavy (non-hydrogen) atoms. The van der Waals surface area contributed by atoms with E-state index < -0.39 is 23.8 Å². The highest BCUT2D eigenvalue weighted by Gasteiger charge is 2.45. The second kappa shape index (κ2) is 16.0. The molecule has 11 nitrogen and oxygen atoms in total. The second-order valence-electron chi connectivity index (χ2n) is 15.7. The summed E-state index contributed by atoms with van der Waals surface area (Å²) in [7, 11) is 0. The molecule has 0 bridgehead atoms. The minimum Gasteiger partial charge on any atom is -0.490 e. The number of carbonyl (C=O) groups is 4. The van der Waals surface area contributed by atoms with Gasteiger partial charge in [0.15, 0.2) is 0 Å². The molecule has 8 rings (SSSR count). The smallest absolute Gasteiger partial charge is 0.262 e. The Hall–Kier alpha value is -4.92. The van der Waals surface area contributed by atoms with Gasteiger partial charge in [-0.1, -0.05) is 23.7 Å². The maximum Gasteiger partial charge on any atom is 0.262 e. The molecule has 4 saturated heterocycles. The van der Waals surface area contributed by atoms with E-state index in [4.69, 9.17) is 21.6 Å². The number of nitrogens with one attached hydrogen (secondary N) is 1. The van der Waals surface area contributed by atoms with Crippen molar-refractivity contribution in [2.45, 2.75) is 75.9 Å². The van der Waals surface area contributed by atoms with Crippen molar-refractivity contribution in [1.82, 2.24) is 15.1 Å². The first-order chi connectivity index (χ1) is 26.7. The van der Waals surface area contributed by atoms with Crippen LogP contribution in [-0.2, 0) is 9.59 Å². The van der Waals surface area contributed by atoms with Gasteiger partial charge in [0, 0.05) is 56.8 Å². The Bertz CT molecular complexity index is 1990. The van der Waals surface area contributed by atoms with Crippen LogP contribution in [0.25, 0.3) is 0 Å². The Balaban J connectivity index is 0.747. The summed E-state index contributed by atoms with van der Waals surface area (Å²) in [6.45, 7) is 6.93. The number of benzene rings is 3. The van der Waals surface area contributed by atoms with Gasteiger partial charge < -0.3 is 19.4 Å². The fraction of sp³-hybridized carbons (Fsp3) is 0.465. The molecule has 0 aliphatic carbocycles. The van der Waals surface area contributed by atoms with Crippen molar-refractivity contribution in [3.8, 4) is 11.8 Å². The summed E-state index contributed by atoms with van der Waals surface area (Å²) < 4.78 is 6.38. The maximum atomic E-state index is 13.3. The quantitative estimate of drug-likeness (QED) is 0.256. The van der Waals surface area contributed by atoms with Gasteiger partial charge in [0.2, 0.25) is 11.8 Å². The predicted octanol–water partition coefficient (Wildman–Crippen LogP) is 6.15. The van der Waals surface area contributed by atoms with Crippen LogP contribution in [0, 0.1) is 17.2 Å². The highest BCUT2D eigenvalue weighted by atomic mass is 35.5. The monoisotopic (exact) mass is 762 g/mol. The van der Waals surface area contributed by atoms with E-state index in [1.165, 1.54) is 12.0 Å². The molecule has 3 aromatic carbocycles. The highest BCUT2D eigenvalue weighted by molar-refractivity contribution is 6.32. The van der Waals surface area contributed by atoms with Gasteiger partial charge in [0.1, 0.15) is 24.0 Å². The Morgan fingerprint density at radius 2 is 1.40 bits per heavy atom. The van der Waals surface area contributed by atoms with E-state index in [0.29, 0.717) is 33.5 Å². The van der Waals surface area contributed by atoms with Crippen LogP contribution in [0.2, 0.25) is 5.02 Å². The van der Waals surface area contributed by atoms with Gasteiger partial charge in [-0.15, -0.1) is 0 Å². The van der Waals surface area contributed by atoms with E-state index in [9.17, 15) is 19.2 Å². The first-order valence-corrected chi connectivity index (χ1v) is 20.2. The molecule has 286 valence electrons. The third-order valence-electron chi connectivity index (χ3n) is 12.4. The van der Waals surface area contributed by atoms with Gasteiger partial charge in [-0.05, 0) is 124 Å². The van der Waals surface area contributed by atoms with Gasteiger partial charge in [0.25, 0.3) is 11.8 Å². The molecular weight excluding hydrogens is 716 g/mol. The number of imide groups is 2. The predicted molar refractivity (Wildman–Crippen MR) is 210 cm³/mol. The molecule has 3 aromatic rings. The van der Waals surface area contributed by atoms with Crippen LogP contribution in [0.4, 0.5) is 11.4 Å². The Kier molecular flexibility index (Phi) is 10.8. The minimum atomic E-state index is -0.952. The molecule has 0 radical (unpaired) electrons. The van der Waals surface area contributed by atoms with Crippen LogP contribution in [0.3, 0.4) is 0 Å². The zero-order valence-corrected chi connectivity index (χ0v) is 31.8. The number of nitriles is 1. The number of hydrogen-bond donors (Lipinski definition) is 1. The number of carbonyl (C=O) groups excluding carboxylic acids is 4. The number of nitrogens with zero attached hydrogens (tertiary/aromatic N) is 5. The summed E-state index contributed by atoms with van der Waals surface area (Å²) in [6, 6.07) is 21.0. The van der Waals surface area contributed by atoms with Crippen molar-refractivity contribution in [3.63, 3.8) is 0 Å². The lowest BCUT2D eigenvalue weighted by atomic mass is 9.88. The van der Waals surface area contributed by atoms with Crippen molar-refractivity contribution in [2.75, 3.05) is 55.6 Å². The summed E-state index contributed by atoms with van der Waals surface area (Å²) in [4.78, 5) is 58.7. The zero-order chi connectivity index (χ0) is 38.1. The highest BCUT2D eigenvalue weighted by Crippen LogP contribution is 2.34. The molecule has 1 N–H and O–H groups in total.